The first kappa shape index (κ1) is 22.9. The Morgan fingerprint density at radius 2 is 1.87 bits per heavy atom. The number of amides is 1. The van der Waals surface area contributed by atoms with Gasteiger partial charge in [0.25, 0.3) is 0 Å². The molecule has 0 aliphatic heterocycles. The number of anilines is 1. The van der Waals surface area contributed by atoms with Crippen molar-refractivity contribution in [3.63, 3.8) is 0 Å². The van der Waals surface area contributed by atoms with Gasteiger partial charge in [-0.3, -0.25) is 5.32 Å². The van der Waals surface area contributed by atoms with Crippen LogP contribution in [-0.4, -0.2) is 43.3 Å². The SMILES string of the molecule is CCCOc1ccccc1NC(=O)OC1C(CN(CC)CC)C2CCC1(C)C2(C)C. The van der Waals surface area contributed by atoms with Crippen molar-refractivity contribution in [1.82, 2.24) is 4.90 Å². The van der Waals surface area contributed by atoms with Gasteiger partial charge in [-0.15, -0.1) is 0 Å². The first-order valence-corrected chi connectivity index (χ1v) is 11.7. The van der Waals surface area contributed by atoms with Crippen LogP contribution in [0.1, 0.15) is 60.8 Å². The molecule has 4 unspecified atom stereocenters. The van der Waals surface area contributed by atoms with Crippen molar-refractivity contribution >= 4 is 11.8 Å². The van der Waals surface area contributed by atoms with Crippen LogP contribution in [0.15, 0.2) is 24.3 Å². The molecular formula is C25H40N2O3. The number of nitrogens with zero attached hydrogens (tertiary/aromatic N) is 1. The molecule has 1 N–H and O–H groups in total. The van der Waals surface area contributed by atoms with E-state index in [2.05, 4.69) is 51.8 Å². The summed E-state index contributed by atoms with van der Waals surface area (Å²) in [5.74, 6) is 1.65. The average Bonchev–Trinajstić information content (AvgIpc) is 3.04. The van der Waals surface area contributed by atoms with Crippen molar-refractivity contribution in [1.29, 1.82) is 0 Å². The van der Waals surface area contributed by atoms with Gasteiger partial charge in [0.1, 0.15) is 11.9 Å². The number of carbonyl (C=O) groups excluding carboxylic acids is 1. The van der Waals surface area contributed by atoms with Crippen LogP contribution >= 0.6 is 0 Å². The molecule has 0 spiro atoms. The van der Waals surface area contributed by atoms with Crippen LogP contribution < -0.4 is 10.1 Å². The molecule has 2 aliphatic rings. The lowest BCUT2D eigenvalue weighted by molar-refractivity contribution is -0.0258. The van der Waals surface area contributed by atoms with Gasteiger partial charge in [0.15, 0.2) is 0 Å². The Hall–Kier alpha value is -1.75. The number of para-hydroxylation sites is 2. The summed E-state index contributed by atoms with van der Waals surface area (Å²) in [6.07, 6.45) is 2.82. The number of rotatable bonds is 9. The van der Waals surface area contributed by atoms with E-state index in [9.17, 15) is 4.79 Å². The van der Waals surface area contributed by atoms with Crippen molar-refractivity contribution < 1.29 is 14.3 Å². The lowest BCUT2D eigenvalue weighted by Crippen LogP contribution is -2.45. The van der Waals surface area contributed by atoms with E-state index >= 15 is 0 Å². The Morgan fingerprint density at radius 1 is 1.17 bits per heavy atom. The Labute approximate surface area is 182 Å². The molecule has 2 bridgehead atoms. The normalized spacial score (nSPS) is 29.2. The monoisotopic (exact) mass is 416 g/mol. The Balaban J connectivity index is 1.77. The second kappa shape index (κ2) is 9.17. The van der Waals surface area contributed by atoms with Crippen molar-refractivity contribution in [3.05, 3.63) is 24.3 Å². The molecule has 1 amide bonds. The van der Waals surface area contributed by atoms with Crippen molar-refractivity contribution in [3.8, 4) is 5.75 Å². The molecule has 4 atom stereocenters. The third kappa shape index (κ3) is 4.05. The molecule has 2 aliphatic carbocycles. The lowest BCUT2D eigenvalue weighted by Gasteiger charge is -2.40. The molecule has 0 radical (unpaired) electrons. The number of carbonyl (C=O) groups is 1. The Morgan fingerprint density at radius 3 is 2.53 bits per heavy atom. The smallest absolute Gasteiger partial charge is 0.412 e. The van der Waals surface area contributed by atoms with Gasteiger partial charge in [0.2, 0.25) is 0 Å². The number of ether oxygens (including phenoxy) is 2. The quantitative estimate of drug-likeness (QED) is 0.552. The van der Waals surface area contributed by atoms with Gasteiger partial charge in [-0.1, -0.05) is 53.7 Å². The Bertz CT molecular complexity index is 731. The zero-order valence-electron chi connectivity index (χ0n) is 19.7. The van der Waals surface area contributed by atoms with Gasteiger partial charge in [-0.25, -0.2) is 4.79 Å². The van der Waals surface area contributed by atoms with E-state index < -0.39 is 0 Å². The third-order valence-electron chi connectivity index (χ3n) is 8.09. The lowest BCUT2D eigenvalue weighted by atomic mass is 9.70. The van der Waals surface area contributed by atoms with E-state index in [0.29, 0.717) is 29.9 Å². The highest BCUT2D eigenvalue weighted by atomic mass is 16.6. The van der Waals surface area contributed by atoms with Crippen LogP contribution in [0, 0.1) is 22.7 Å². The van der Waals surface area contributed by atoms with Gasteiger partial charge < -0.3 is 14.4 Å². The summed E-state index contributed by atoms with van der Waals surface area (Å²) in [7, 11) is 0. The summed E-state index contributed by atoms with van der Waals surface area (Å²) in [6, 6.07) is 7.57. The van der Waals surface area contributed by atoms with Crippen molar-refractivity contribution in [2.75, 3.05) is 31.6 Å². The summed E-state index contributed by atoms with van der Waals surface area (Å²) >= 11 is 0. The molecule has 5 heteroatoms. The molecule has 1 aromatic carbocycles. The second-order valence-corrected chi connectivity index (χ2v) is 9.73. The standard InChI is InChI=1S/C25H40N2O3/c1-7-16-29-21-13-11-10-12-20(21)26-23(28)30-22-18(17-27(8-2)9-3)19-14-15-25(22,6)24(19,4)5/h10-13,18-19,22H,7-9,14-17H2,1-6H3,(H,26,28). The van der Waals surface area contributed by atoms with Gasteiger partial charge in [0, 0.05) is 17.9 Å². The zero-order chi connectivity index (χ0) is 21.9. The number of nitrogens with one attached hydrogen (secondary N) is 1. The number of fused-ring (bicyclic) bond motifs is 2. The highest BCUT2D eigenvalue weighted by Gasteiger charge is 2.67. The van der Waals surface area contributed by atoms with Crippen molar-refractivity contribution in [2.45, 2.75) is 66.9 Å². The summed E-state index contributed by atoms with van der Waals surface area (Å²) in [5.41, 5.74) is 0.840. The average molecular weight is 417 g/mol. The third-order valence-corrected chi connectivity index (χ3v) is 8.09. The number of hydrogen-bond acceptors (Lipinski definition) is 4. The van der Waals surface area contributed by atoms with Crippen LogP contribution in [0.4, 0.5) is 10.5 Å². The molecule has 168 valence electrons. The highest BCUT2D eigenvalue weighted by molar-refractivity contribution is 5.86. The van der Waals surface area contributed by atoms with E-state index in [1.165, 1.54) is 6.42 Å². The largest absolute Gasteiger partial charge is 0.491 e. The minimum atomic E-state index is -0.373. The Kier molecular flexibility index (Phi) is 7.01. The minimum Gasteiger partial charge on any atom is -0.491 e. The first-order valence-electron chi connectivity index (χ1n) is 11.7. The zero-order valence-corrected chi connectivity index (χ0v) is 19.7. The fourth-order valence-electron chi connectivity index (χ4n) is 5.89. The van der Waals surface area contributed by atoms with Gasteiger partial charge >= 0.3 is 6.09 Å². The van der Waals surface area contributed by atoms with Gasteiger partial charge in [-0.2, -0.15) is 0 Å². The molecule has 0 aromatic heterocycles. The van der Waals surface area contributed by atoms with Gasteiger partial charge in [0.05, 0.1) is 12.3 Å². The summed E-state index contributed by atoms with van der Waals surface area (Å²) in [6.45, 7) is 17.2. The maximum Gasteiger partial charge on any atom is 0.412 e. The maximum atomic E-state index is 13.0. The van der Waals surface area contributed by atoms with E-state index in [1.807, 2.05) is 24.3 Å². The van der Waals surface area contributed by atoms with Crippen LogP contribution in [0.2, 0.25) is 0 Å². The topological polar surface area (TPSA) is 50.8 Å². The van der Waals surface area contributed by atoms with Gasteiger partial charge in [-0.05, 0) is 55.8 Å². The van der Waals surface area contributed by atoms with E-state index in [0.717, 1.165) is 32.5 Å². The van der Waals surface area contributed by atoms with E-state index in [4.69, 9.17) is 9.47 Å². The summed E-state index contributed by atoms with van der Waals surface area (Å²) in [4.78, 5) is 15.5. The summed E-state index contributed by atoms with van der Waals surface area (Å²) in [5, 5.41) is 2.95. The molecule has 1 aromatic rings. The van der Waals surface area contributed by atoms with Crippen molar-refractivity contribution in [2.24, 2.45) is 22.7 Å². The second-order valence-electron chi connectivity index (χ2n) is 9.73. The fourth-order valence-corrected chi connectivity index (χ4v) is 5.89. The molecule has 2 fully saturated rings. The molecule has 30 heavy (non-hydrogen) atoms. The minimum absolute atomic E-state index is 0.00501. The number of benzene rings is 1. The molecular weight excluding hydrogens is 376 g/mol. The first-order chi connectivity index (χ1) is 14.3. The van der Waals surface area contributed by atoms with Crippen LogP contribution in [0.5, 0.6) is 5.75 Å². The predicted molar refractivity (Wildman–Crippen MR) is 122 cm³/mol. The predicted octanol–water partition coefficient (Wildman–Crippen LogP) is 5.81. The van der Waals surface area contributed by atoms with E-state index in [-0.39, 0.29) is 23.0 Å². The van der Waals surface area contributed by atoms with E-state index in [1.54, 1.807) is 0 Å². The molecule has 3 rings (SSSR count). The molecule has 0 heterocycles. The molecule has 0 saturated heterocycles. The summed E-state index contributed by atoms with van der Waals surface area (Å²) < 4.78 is 12.0. The highest BCUT2D eigenvalue weighted by Crippen LogP contribution is 2.68. The maximum absolute atomic E-state index is 13.0. The van der Waals surface area contributed by atoms with Crippen LogP contribution in [0.25, 0.3) is 0 Å². The fraction of sp³-hybridized carbons (Fsp3) is 0.720. The molecule has 5 nitrogen and oxygen atoms in total. The number of hydrogen-bond donors (Lipinski definition) is 1. The van der Waals surface area contributed by atoms with Crippen LogP contribution in [0.3, 0.4) is 0 Å². The van der Waals surface area contributed by atoms with Crippen LogP contribution in [-0.2, 0) is 4.74 Å². The molecule has 2 saturated carbocycles.